The van der Waals surface area contributed by atoms with E-state index in [4.69, 9.17) is 34.8 Å². The van der Waals surface area contributed by atoms with Gasteiger partial charge in [-0.05, 0) is 54.7 Å². The molecule has 0 saturated heterocycles. The Hall–Kier alpha value is -1.40. The van der Waals surface area contributed by atoms with Crippen LogP contribution in [0.2, 0.25) is 15.1 Å². The van der Waals surface area contributed by atoms with E-state index in [1.54, 1.807) is 11.0 Å². The molecule has 1 aliphatic rings. The molecule has 1 aliphatic carbocycles. The van der Waals surface area contributed by atoms with E-state index >= 15 is 0 Å². The molecule has 0 radical (unpaired) electrons. The van der Waals surface area contributed by atoms with Crippen LogP contribution in [0, 0.1) is 0 Å². The average molecular weight is 542 g/mol. The highest BCUT2D eigenvalue weighted by Gasteiger charge is 2.30. The van der Waals surface area contributed by atoms with Crippen molar-refractivity contribution in [3.8, 4) is 0 Å². The first-order valence-electron chi connectivity index (χ1n) is 11.7. The summed E-state index contributed by atoms with van der Waals surface area (Å²) in [4.78, 5) is 28.3. The van der Waals surface area contributed by atoms with Gasteiger partial charge in [-0.25, -0.2) is 0 Å². The van der Waals surface area contributed by atoms with Gasteiger partial charge in [-0.3, -0.25) is 9.59 Å². The molecular weight excluding hydrogens is 511 g/mol. The zero-order valence-corrected chi connectivity index (χ0v) is 22.5. The van der Waals surface area contributed by atoms with Crippen molar-refractivity contribution in [3.63, 3.8) is 0 Å². The van der Waals surface area contributed by atoms with Crippen LogP contribution in [0.1, 0.15) is 56.6 Å². The van der Waals surface area contributed by atoms with Gasteiger partial charge in [0.05, 0.1) is 15.8 Å². The average Bonchev–Trinajstić information content (AvgIpc) is 2.83. The molecule has 8 heteroatoms. The van der Waals surface area contributed by atoms with E-state index in [2.05, 4.69) is 5.32 Å². The van der Waals surface area contributed by atoms with Gasteiger partial charge in [-0.15, -0.1) is 11.8 Å². The van der Waals surface area contributed by atoms with Gasteiger partial charge < -0.3 is 10.2 Å². The lowest BCUT2D eigenvalue weighted by molar-refractivity contribution is -0.139. The third-order valence-electron chi connectivity index (χ3n) is 6.08. The molecule has 1 fully saturated rings. The monoisotopic (exact) mass is 540 g/mol. The number of hydrogen-bond acceptors (Lipinski definition) is 3. The Labute approximate surface area is 221 Å². The second kappa shape index (κ2) is 13.6. The molecule has 4 nitrogen and oxygen atoms in total. The van der Waals surface area contributed by atoms with E-state index in [1.807, 2.05) is 43.3 Å². The SMILES string of the molecule is CC[C@@H](C(=O)NC1CCCCC1)N(Cc1ccc(Cl)cc1)C(=O)CSCc1ccc(Cl)c(Cl)c1. The highest BCUT2D eigenvalue weighted by molar-refractivity contribution is 7.99. The zero-order valence-electron chi connectivity index (χ0n) is 19.4. The van der Waals surface area contributed by atoms with Gasteiger partial charge in [-0.1, -0.05) is 79.2 Å². The van der Waals surface area contributed by atoms with Crippen molar-refractivity contribution in [1.82, 2.24) is 10.2 Å². The third-order valence-corrected chi connectivity index (χ3v) is 8.06. The van der Waals surface area contributed by atoms with Gasteiger partial charge in [0, 0.05) is 23.4 Å². The molecule has 1 N–H and O–H groups in total. The maximum absolute atomic E-state index is 13.4. The number of amides is 2. The lowest BCUT2D eigenvalue weighted by atomic mass is 9.95. The summed E-state index contributed by atoms with van der Waals surface area (Å²) >= 11 is 19.7. The van der Waals surface area contributed by atoms with Crippen molar-refractivity contribution in [2.75, 3.05) is 5.75 Å². The van der Waals surface area contributed by atoms with E-state index in [9.17, 15) is 9.59 Å². The van der Waals surface area contributed by atoms with Gasteiger partial charge in [0.15, 0.2) is 0 Å². The summed E-state index contributed by atoms with van der Waals surface area (Å²) in [5, 5.41) is 4.86. The summed E-state index contributed by atoms with van der Waals surface area (Å²) in [5.41, 5.74) is 1.94. The maximum Gasteiger partial charge on any atom is 0.243 e. The number of halogens is 3. The van der Waals surface area contributed by atoms with E-state index in [-0.39, 0.29) is 23.6 Å². The molecule has 0 heterocycles. The number of nitrogens with one attached hydrogen (secondary N) is 1. The predicted molar refractivity (Wildman–Crippen MR) is 144 cm³/mol. The Balaban J connectivity index is 1.69. The van der Waals surface area contributed by atoms with Crippen molar-refractivity contribution < 1.29 is 9.59 Å². The number of nitrogens with zero attached hydrogens (tertiary/aromatic N) is 1. The summed E-state index contributed by atoms with van der Waals surface area (Å²) in [6, 6.07) is 12.6. The smallest absolute Gasteiger partial charge is 0.243 e. The van der Waals surface area contributed by atoms with E-state index in [0.717, 1.165) is 36.8 Å². The first-order valence-corrected chi connectivity index (χ1v) is 14.0. The number of carbonyl (C=O) groups excluding carboxylic acids is 2. The normalized spacial score (nSPS) is 15.1. The second-order valence-electron chi connectivity index (χ2n) is 8.66. The number of benzene rings is 2. The summed E-state index contributed by atoms with van der Waals surface area (Å²) in [6.45, 7) is 2.32. The van der Waals surface area contributed by atoms with Crippen LogP contribution in [0.4, 0.5) is 0 Å². The highest BCUT2D eigenvalue weighted by Crippen LogP contribution is 2.25. The highest BCUT2D eigenvalue weighted by atomic mass is 35.5. The Kier molecular flexibility index (Phi) is 10.9. The Morgan fingerprint density at radius 3 is 2.32 bits per heavy atom. The molecule has 0 spiro atoms. The van der Waals surface area contributed by atoms with Crippen molar-refractivity contribution in [2.24, 2.45) is 0 Å². The second-order valence-corrected chi connectivity index (χ2v) is 10.9. The fourth-order valence-corrected chi connectivity index (χ4v) is 5.52. The van der Waals surface area contributed by atoms with Crippen LogP contribution in [0.25, 0.3) is 0 Å². The predicted octanol–water partition coefficient (Wildman–Crippen LogP) is 7.14. The molecule has 2 aromatic carbocycles. The molecule has 0 aromatic heterocycles. The van der Waals surface area contributed by atoms with Crippen LogP contribution in [-0.2, 0) is 21.9 Å². The third kappa shape index (κ3) is 8.08. The van der Waals surface area contributed by atoms with Gasteiger partial charge in [0.1, 0.15) is 6.04 Å². The topological polar surface area (TPSA) is 49.4 Å². The molecule has 2 aromatic rings. The number of carbonyl (C=O) groups is 2. The van der Waals surface area contributed by atoms with Crippen molar-refractivity contribution in [1.29, 1.82) is 0 Å². The van der Waals surface area contributed by atoms with E-state index < -0.39 is 6.04 Å². The molecule has 0 aliphatic heterocycles. The zero-order chi connectivity index (χ0) is 24.5. The summed E-state index contributed by atoms with van der Waals surface area (Å²) in [7, 11) is 0. The molecule has 0 bridgehead atoms. The van der Waals surface area contributed by atoms with E-state index in [1.165, 1.54) is 18.2 Å². The molecule has 34 heavy (non-hydrogen) atoms. The fourth-order valence-electron chi connectivity index (χ4n) is 4.22. The van der Waals surface area contributed by atoms with Gasteiger partial charge in [-0.2, -0.15) is 0 Å². The lowest BCUT2D eigenvalue weighted by Gasteiger charge is -2.32. The largest absolute Gasteiger partial charge is 0.352 e. The lowest BCUT2D eigenvalue weighted by Crippen LogP contribution is -2.52. The fraction of sp³-hybridized carbons (Fsp3) is 0.462. The molecule has 1 atom stereocenters. The van der Waals surface area contributed by atoms with Gasteiger partial charge >= 0.3 is 0 Å². The Morgan fingerprint density at radius 1 is 1.00 bits per heavy atom. The quantitative estimate of drug-likeness (QED) is 0.348. The van der Waals surface area contributed by atoms with Gasteiger partial charge in [0.25, 0.3) is 0 Å². The first-order chi connectivity index (χ1) is 16.4. The number of thioether (sulfide) groups is 1. The van der Waals surface area contributed by atoms with Crippen LogP contribution in [0.5, 0.6) is 0 Å². The minimum Gasteiger partial charge on any atom is -0.352 e. The molecule has 2 amide bonds. The molecule has 184 valence electrons. The summed E-state index contributed by atoms with van der Waals surface area (Å²) in [6.07, 6.45) is 6.07. The summed E-state index contributed by atoms with van der Waals surface area (Å²) in [5.74, 6) is 0.764. The number of hydrogen-bond donors (Lipinski definition) is 1. The van der Waals surface area contributed by atoms with Crippen LogP contribution >= 0.6 is 46.6 Å². The van der Waals surface area contributed by atoms with E-state index in [0.29, 0.717) is 33.8 Å². The van der Waals surface area contributed by atoms with Crippen LogP contribution in [0.15, 0.2) is 42.5 Å². The van der Waals surface area contributed by atoms with Crippen LogP contribution in [-0.4, -0.2) is 34.6 Å². The molecular formula is C26H31Cl3N2O2S. The standard InChI is InChI=1S/C26H31Cl3N2O2S/c1-2-24(26(33)30-21-6-4-3-5-7-21)31(15-18-8-11-20(27)12-9-18)25(32)17-34-16-19-10-13-22(28)23(29)14-19/h8-14,21,24H,2-7,15-17H2,1H3,(H,30,33)/t24-/m0/s1. The van der Waals surface area contributed by atoms with Crippen molar-refractivity contribution in [2.45, 2.75) is 69.8 Å². The Bertz CT molecular complexity index is 965. The Morgan fingerprint density at radius 2 is 1.68 bits per heavy atom. The van der Waals surface area contributed by atoms with Crippen molar-refractivity contribution in [3.05, 3.63) is 68.7 Å². The minimum absolute atomic E-state index is 0.0637. The minimum atomic E-state index is -0.518. The van der Waals surface area contributed by atoms with Crippen molar-refractivity contribution >= 4 is 58.4 Å². The van der Waals surface area contributed by atoms with Crippen LogP contribution < -0.4 is 5.32 Å². The van der Waals surface area contributed by atoms with Crippen LogP contribution in [0.3, 0.4) is 0 Å². The van der Waals surface area contributed by atoms with Gasteiger partial charge in [0.2, 0.25) is 11.8 Å². The molecule has 1 saturated carbocycles. The molecule has 0 unspecified atom stereocenters. The number of rotatable bonds is 10. The molecule has 3 rings (SSSR count). The first kappa shape index (κ1) is 27.2. The maximum atomic E-state index is 13.4. The summed E-state index contributed by atoms with van der Waals surface area (Å²) < 4.78 is 0.